The van der Waals surface area contributed by atoms with Crippen molar-refractivity contribution >= 4 is 0 Å². The summed E-state index contributed by atoms with van der Waals surface area (Å²) in [5.74, 6) is 1.37. The van der Waals surface area contributed by atoms with Gasteiger partial charge in [0.25, 0.3) is 0 Å². The highest BCUT2D eigenvalue weighted by molar-refractivity contribution is 5.00. The number of aryl methyl sites for hydroxylation is 1. The molecule has 5 nitrogen and oxygen atoms in total. The van der Waals surface area contributed by atoms with E-state index in [0.29, 0.717) is 25.6 Å². The molecule has 2 unspecified atom stereocenters. The van der Waals surface area contributed by atoms with E-state index in [2.05, 4.69) is 29.1 Å². The molecule has 20 heavy (non-hydrogen) atoms. The second-order valence-corrected chi connectivity index (χ2v) is 5.65. The molecule has 0 amide bonds. The van der Waals surface area contributed by atoms with Crippen molar-refractivity contribution in [3.63, 3.8) is 0 Å². The summed E-state index contributed by atoms with van der Waals surface area (Å²) in [6, 6.07) is 1.87. The third-order valence-electron chi connectivity index (χ3n) is 2.90. The lowest BCUT2D eigenvalue weighted by Crippen LogP contribution is -2.31. The van der Waals surface area contributed by atoms with Crippen molar-refractivity contribution in [2.45, 2.75) is 52.9 Å². The van der Waals surface area contributed by atoms with Crippen molar-refractivity contribution in [1.29, 1.82) is 0 Å². The van der Waals surface area contributed by atoms with E-state index in [1.54, 1.807) is 6.20 Å². The van der Waals surface area contributed by atoms with E-state index in [1.807, 2.05) is 19.9 Å². The number of aliphatic hydroxyl groups excluding tert-OH is 1. The Balaban J connectivity index is 2.15. The van der Waals surface area contributed by atoms with Gasteiger partial charge in [-0.25, -0.2) is 9.97 Å². The van der Waals surface area contributed by atoms with Crippen LogP contribution in [-0.4, -0.2) is 40.4 Å². The largest absolute Gasteiger partial charge is 0.389 e. The standard InChI is InChI=1S/C15H27N3O2/c1-11(2)7-12(3)20-10-15(19)9-16-8-14-5-6-17-13(4)18-14/h5-6,11-12,15-16,19H,7-10H2,1-4H3. The van der Waals surface area contributed by atoms with Crippen molar-refractivity contribution in [2.24, 2.45) is 5.92 Å². The lowest BCUT2D eigenvalue weighted by atomic mass is 10.1. The molecule has 0 aliphatic rings. The zero-order chi connectivity index (χ0) is 15.0. The van der Waals surface area contributed by atoms with Gasteiger partial charge in [-0.3, -0.25) is 0 Å². The van der Waals surface area contributed by atoms with E-state index >= 15 is 0 Å². The minimum Gasteiger partial charge on any atom is -0.389 e. The molecule has 0 fully saturated rings. The van der Waals surface area contributed by atoms with Gasteiger partial charge in [0.05, 0.1) is 24.5 Å². The Hall–Kier alpha value is -1.04. The maximum absolute atomic E-state index is 9.84. The van der Waals surface area contributed by atoms with Gasteiger partial charge in [0.2, 0.25) is 0 Å². The summed E-state index contributed by atoms with van der Waals surface area (Å²) in [4.78, 5) is 8.34. The summed E-state index contributed by atoms with van der Waals surface area (Å²) in [5.41, 5.74) is 0.929. The molecule has 0 bridgehead atoms. The van der Waals surface area contributed by atoms with Crippen LogP contribution in [0.3, 0.4) is 0 Å². The van der Waals surface area contributed by atoms with E-state index in [4.69, 9.17) is 4.74 Å². The normalized spacial score (nSPS) is 14.5. The molecule has 1 aromatic heterocycles. The van der Waals surface area contributed by atoms with Crippen LogP contribution in [0.15, 0.2) is 12.3 Å². The van der Waals surface area contributed by atoms with Gasteiger partial charge < -0.3 is 15.2 Å². The van der Waals surface area contributed by atoms with Crippen molar-refractivity contribution in [2.75, 3.05) is 13.2 Å². The second-order valence-electron chi connectivity index (χ2n) is 5.65. The third kappa shape index (κ3) is 7.53. The summed E-state index contributed by atoms with van der Waals surface area (Å²) in [6.45, 7) is 9.73. The average molecular weight is 281 g/mol. The fourth-order valence-electron chi connectivity index (χ4n) is 2.04. The number of nitrogens with zero attached hydrogens (tertiary/aromatic N) is 2. The molecule has 0 radical (unpaired) electrons. The highest BCUT2D eigenvalue weighted by atomic mass is 16.5. The van der Waals surface area contributed by atoms with E-state index < -0.39 is 6.10 Å². The average Bonchev–Trinajstić information content (AvgIpc) is 2.36. The van der Waals surface area contributed by atoms with Crippen LogP contribution in [0.5, 0.6) is 0 Å². The van der Waals surface area contributed by atoms with Crippen molar-refractivity contribution in [3.8, 4) is 0 Å². The number of aliphatic hydroxyl groups is 1. The quantitative estimate of drug-likeness (QED) is 0.721. The van der Waals surface area contributed by atoms with Crippen molar-refractivity contribution in [3.05, 3.63) is 23.8 Å². The van der Waals surface area contributed by atoms with E-state index in [0.717, 1.165) is 17.9 Å². The van der Waals surface area contributed by atoms with Gasteiger partial charge in [0.1, 0.15) is 5.82 Å². The lowest BCUT2D eigenvalue weighted by molar-refractivity contribution is -0.00859. The van der Waals surface area contributed by atoms with Crippen molar-refractivity contribution < 1.29 is 9.84 Å². The molecular weight excluding hydrogens is 254 g/mol. The van der Waals surface area contributed by atoms with Gasteiger partial charge in [-0.1, -0.05) is 13.8 Å². The number of hydrogen-bond acceptors (Lipinski definition) is 5. The first kappa shape index (κ1) is 17.0. The number of nitrogens with one attached hydrogen (secondary N) is 1. The van der Waals surface area contributed by atoms with Gasteiger partial charge in [-0.05, 0) is 32.3 Å². The topological polar surface area (TPSA) is 67.3 Å². The molecule has 2 atom stereocenters. The van der Waals surface area contributed by atoms with Crippen LogP contribution < -0.4 is 5.32 Å². The summed E-state index contributed by atoms with van der Waals surface area (Å²) >= 11 is 0. The highest BCUT2D eigenvalue weighted by Gasteiger charge is 2.09. The van der Waals surface area contributed by atoms with Gasteiger partial charge >= 0.3 is 0 Å². The molecule has 2 N–H and O–H groups in total. The number of hydrogen-bond donors (Lipinski definition) is 2. The van der Waals surface area contributed by atoms with Crippen LogP contribution in [0.4, 0.5) is 0 Å². The summed E-state index contributed by atoms with van der Waals surface area (Å²) < 4.78 is 5.62. The molecule has 1 aromatic rings. The fraction of sp³-hybridized carbons (Fsp3) is 0.733. The highest BCUT2D eigenvalue weighted by Crippen LogP contribution is 2.07. The van der Waals surface area contributed by atoms with Gasteiger partial charge in [0, 0.05) is 19.3 Å². The van der Waals surface area contributed by atoms with Crippen LogP contribution in [0.1, 0.15) is 38.7 Å². The third-order valence-corrected chi connectivity index (χ3v) is 2.90. The monoisotopic (exact) mass is 281 g/mol. The Morgan fingerprint density at radius 1 is 1.35 bits per heavy atom. The Kier molecular flexibility index (Phi) is 7.65. The molecule has 1 heterocycles. The van der Waals surface area contributed by atoms with E-state index in [1.165, 1.54) is 0 Å². The Bertz CT molecular complexity index is 385. The molecule has 114 valence electrons. The van der Waals surface area contributed by atoms with Crippen LogP contribution >= 0.6 is 0 Å². The van der Waals surface area contributed by atoms with Gasteiger partial charge in [-0.2, -0.15) is 0 Å². The van der Waals surface area contributed by atoms with Crippen LogP contribution in [0, 0.1) is 12.8 Å². The molecular formula is C15H27N3O2. The molecule has 0 saturated carbocycles. The Morgan fingerprint density at radius 3 is 2.75 bits per heavy atom. The predicted molar refractivity (Wildman–Crippen MR) is 79.4 cm³/mol. The summed E-state index contributed by atoms with van der Waals surface area (Å²) in [5, 5.41) is 13.0. The minimum atomic E-state index is -0.493. The number of aromatic nitrogens is 2. The molecule has 1 rings (SSSR count). The summed E-state index contributed by atoms with van der Waals surface area (Å²) in [6.07, 6.45) is 2.45. The first-order chi connectivity index (χ1) is 9.47. The predicted octanol–water partition coefficient (Wildman–Crippen LogP) is 1.69. The molecule has 0 spiro atoms. The van der Waals surface area contributed by atoms with Gasteiger partial charge in [0.15, 0.2) is 0 Å². The smallest absolute Gasteiger partial charge is 0.125 e. The fourth-order valence-corrected chi connectivity index (χ4v) is 2.04. The second kappa shape index (κ2) is 9.00. The first-order valence-corrected chi connectivity index (χ1v) is 7.26. The zero-order valence-electron chi connectivity index (χ0n) is 13.0. The van der Waals surface area contributed by atoms with Gasteiger partial charge in [-0.15, -0.1) is 0 Å². The first-order valence-electron chi connectivity index (χ1n) is 7.26. The van der Waals surface area contributed by atoms with Crippen LogP contribution in [0.25, 0.3) is 0 Å². The summed E-state index contributed by atoms with van der Waals surface area (Å²) in [7, 11) is 0. The maximum Gasteiger partial charge on any atom is 0.125 e. The Labute approximate surface area is 121 Å². The minimum absolute atomic E-state index is 0.189. The maximum atomic E-state index is 9.84. The van der Waals surface area contributed by atoms with Crippen molar-refractivity contribution in [1.82, 2.24) is 15.3 Å². The SMILES string of the molecule is Cc1nccc(CNCC(O)COC(C)CC(C)C)n1. The molecule has 0 aliphatic carbocycles. The lowest BCUT2D eigenvalue weighted by Gasteiger charge is -2.18. The molecule has 0 aromatic carbocycles. The molecule has 0 aliphatic heterocycles. The Morgan fingerprint density at radius 2 is 2.10 bits per heavy atom. The number of rotatable bonds is 9. The molecule has 5 heteroatoms. The van der Waals surface area contributed by atoms with E-state index in [9.17, 15) is 5.11 Å². The number of ether oxygens (including phenoxy) is 1. The van der Waals surface area contributed by atoms with E-state index in [-0.39, 0.29) is 6.10 Å². The van der Waals surface area contributed by atoms with Crippen LogP contribution in [0.2, 0.25) is 0 Å². The zero-order valence-corrected chi connectivity index (χ0v) is 13.0. The molecule has 0 saturated heterocycles. The van der Waals surface area contributed by atoms with Crippen LogP contribution in [-0.2, 0) is 11.3 Å².